The molecule has 0 amide bonds. The van der Waals surface area contributed by atoms with Gasteiger partial charge in [-0.05, 0) is 30.7 Å². The van der Waals surface area contributed by atoms with Gasteiger partial charge in [0.1, 0.15) is 16.5 Å². The third-order valence-corrected chi connectivity index (χ3v) is 3.32. The van der Waals surface area contributed by atoms with Crippen molar-refractivity contribution >= 4 is 10.0 Å². The van der Waals surface area contributed by atoms with Crippen molar-refractivity contribution < 1.29 is 17.5 Å². The lowest BCUT2D eigenvalue weighted by atomic mass is 10.2. The lowest BCUT2D eigenvalue weighted by Crippen LogP contribution is -2.13. The normalized spacial score (nSPS) is 11.3. The van der Waals surface area contributed by atoms with Gasteiger partial charge in [0.25, 0.3) is 0 Å². The summed E-state index contributed by atoms with van der Waals surface area (Å²) in [7, 11) is -3.96. The summed E-state index contributed by atoms with van der Waals surface area (Å²) in [5.41, 5.74) is 0.646. The van der Waals surface area contributed by atoms with E-state index in [4.69, 9.17) is 9.88 Å². The molecule has 2 rings (SSSR count). The minimum Gasteiger partial charge on any atom is -0.437 e. The number of benzene rings is 1. The average Bonchev–Trinajstić information content (AvgIpc) is 2.33. The highest BCUT2D eigenvalue weighted by Gasteiger charge is 2.17. The van der Waals surface area contributed by atoms with Crippen molar-refractivity contribution in [2.75, 3.05) is 0 Å². The van der Waals surface area contributed by atoms with Crippen molar-refractivity contribution in [2.24, 2.45) is 5.14 Å². The summed E-state index contributed by atoms with van der Waals surface area (Å²) < 4.78 is 41.2. The second-order valence-corrected chi connectivity index (χ2v) is 5.39. The number of aryl methyl sites for hydroxylation is 1. The summed E-state index contributed by atoms with van der Waals surface area (Å²) in [6, 6.07) is 6.64. The predicted molar refractivity (Wildman–Crippen MR) is 66.8 cm³/mol. The standard InChI is InChI=1S/C12H11FN2O3S/c1-8-4-5-9(13)7-10(8)18-12-11(19(14,16)17)3-2-6-15-12/h2-7H,1H3,(H2,14,16,17). The van der Waals surface area contributed by atoms with Crippen LogP contribution in [0.25, 0.3) is 0 Å². The molecule has 2 N–H and O–H groups in total. The van der Waals surface area contributed by atoms with Crippen LogP contribution in [0.1, 0.15) is 5.56 Å². The fourth-order valence-corrected chi connectivity index (χ4v) is 2.06. The number of pyridine rings is 1. The number of hydrogen-bond acceptors (Lipinski definition) is 4. The SMILES string of the molecule is Cc1ccc(F)cc1Oc1ncccc1S(N)(=O)=O. The maximum absolute atomic E-state index is 13.1. The van der Waals surface area contributed by atoms with E-state index in [-0.39, 0.29) is 16.5 Å². The summed E-state index contributed by atoms with van der Waals surface area (Å²) in [5, 5.41) is 5.06. The van der Waals surface area contributed by atoms with Gasteiger partial charge < -0.3 is 4.74 Å². The fraction of sp³-hybridized carbons (Fsp3) is 0.0833. The molecule has 0 atom stereocenters. The van der Waals surface area contributed by atoms with Crippen LogP contribution >= 0.6 is 0 Å². The molecule has 2 aromatic rings. The molecule has 0 fully saturated rings. The highest BCUT2D eigenvalue weighted by atomic mass is 32.2. The van der Waals surface area contributed by atoms with Crippen LogP contribution < -0.4 is 9.88 Å². The van der Waals surface area contributed by atoms with Gasteiger partial charge in [-0.15, -0.1) is 0 Å². The van der Waals surface area contributed by atoms with Crippen molar-refractivity contribution in [3.05, 3.63) is 47.9 Å². The van der Waals surface area contributed by atoms with E-state index >= 15 is 0 Å². The summed E-state index contributed by atoms with van der Waals surface area (Å²) in [5.74, 6) is -0.490. The predicted octanol–water partition coefficient (Wildman–Crippen LogP) is 1.97. The molecule has 0 spiro atoms. The largest absolute Gasteiger partial charge is 0.437 e. The maximum atomic E-state index is 13.1. The van der Waals surface area contributed by atoms with Crippen molar-refractivity contribution in [1.82, 2.24) is 4.98 Å². The molecule has 0 bridgehead atoms. The molecule has 7 heteroatoms. The third-order valence-electron chi connectivity index (χ3n) is 2.40. The van der Waals surface area contributed by atoms with Crippen LogP contribution in [0.15, 0.2) is 41.4 Å². The van der Waals surface area contributed by atoms with Crippen LogP contribution in [-0.4, -0.2) is 13.4 Å². The van der Waals surface area contributed by atoms with Crippen molar-refractivity contribution in [3.8, 4) is 11.6 Å². The zero-order chi connectivity index (χ0) is 14.0. The summed E-state index contributed by atoms with van der Waals surface area (Å²) >= 11 is 0. The Labute approximate surface area is 109 Å². The molecule has 5 nitrogen and oxygen atoms in total. The van der Waals surface area contributed by atoms with Crippen LogP contribution in [0.2, 0.25) is 0 Å². The molecule has 100 valence electrons. The highest BCUT2D eigenvalue weighted by molar-refractivity contribution is 7.89. The monoisotopic (exact) mass is 282 g/mol. The molecule has 0 radical (unpaired) electrons. The molecular formula is C12H11FN2O3S. The van der Waals surface area contributed by atoms with Crippen LogP contribution in [0.4, 0.5) is 4.39 Å². The van der Waals surface area contributed by atoms with Gasteiger partial charge in [0, 0.05) is 12.3 Å². The number of nitrogens with two attached hydrogens (primary N) is 1. The first-order valence-electron chi connectivity index (χ1n) is 5.30. The van der Waals surface area contributed by atoms with Gasteiger partial charge in [0.05, 0.1) is 0 Å². The highest BCUT2D eigenvalue weighted by Crippen LogP contribution is 2.28. The topological polar surface area (TPSA) is 82.3 Å². The second kappa shape index (κ2) is 4.94. The quantitative estimate of drug-likeness (QED) is 0.933. The summed E-state index contributed by atoms with van der Waals surface area (Å²) in [4.78, 5) is 3.56. The molecule has 0 aliphatic heterocycles. The minimum absolute atomic E-state index is 0.182. The molecule has 1 aromatic heterocycles. The van der Waals surface area contributed by atoms with Gasteiger partial charge in [-0.25, -0.2) is 22.9 Å². The van der Waals surface area contributed by atoms with Crippen LogP contribution in [0.3, 0.4) is 0 Å². The van der Waals surface area contributed by atoms with Crippen LogP contribution in [0, 0.1) is 12.7 Å². The van der Waals surface area contributed by atoms with E-state index in [0.29, 0.717) is 5.56 Å². The molecule has 19 heavy (non-hydrogen) atoms. The Morgan fingerprint density at radius 3 is 2.74 bits per heavy atom. The van der Waals surface area contributed by atoms with Gasteiger partial charge in [0.15, 0.2) is 0 Å². The van der Waals surface area contributed by atoms with Gasteiger partial charge in [0.2, 0.25) is 15.9 Å². The first-order chi connectivity index (χ1) is 8.88. The molecule has 0 saturated carbocycles. The molecular weight excluding hydrogens is 271 g/mol. The number of halogens is 1. The van der Waals surface area contributed by atoms with Crippen LogP contribution in [0.5, 0.6) is 11.6 Å². The number of sulfonamides is 1. The number of primary sulfonamides is 1. The molecule has 1 heterocycles. The molecule has 0 aliphatic rings. The van der Waals surface area contributed by atoms with Gasteiger partial charge >= 0.3 is 0 Å². The zero-order valence-electron chi connectivity index (χ0n) is 10.00. The van der Waals surface area contributed by atoms with E-state index in [2.05, 4.69) is 4.98 Å². The Morgan fingerprint density at radius 1 is 1.32 bits per heavy atom. The first kappa shape index (κ1) is 13.4. The summed E-state index contributed by atoms with van der Waals surface area (Å²) in [6.45, 7) is 1.70. The average molecular weight is 282 g/mol. The molecule has 0 aliphatic carbocycles. The second-order valence-electron chi connectivity index (χ2n) is 3.86. The van der Waals surface area contributed by atoms with Crippen LogP contribution in [-0.2, 0) is 10.0 Å². The minimum atomic E-state index is -3.96. The van der Waals surface area contributed by atoms with E-state index < -0.39 is 15.8 Å². The van der Waals surface area contributed by atoms with Crippen molar-refractivity contribution in [1.29, 1.82) is 0 Å². The van der Waals surface area contributed by atoms with Gasteiger partial charge in [-0.3, -0.25) is 0 Å². The smallest absolute Gasteiger partial charge is 0.243 e. The number of ether oxygens (including phenoxy) is 1. The lowest BCUT2D eigenvalue weighted by Gasteiger charge is -2.10. The number of hydrogen-bond donors (Lipinski definition) is 1. The zero-order valence-corrected chi connectivity index (χ0v) is 10.8. The van der Waals surface area contributed by atoms with Crippen molar-refractivity contribution in [3.63, 3.8) is 0 Å². The maximum Gasteiger partial charge on any atom is 0.243 e. The van der Waals surface area contributed by atoms with E-state index in [1.54, 1.807) is 6.92 Å². The van der Waals surface area contributed by atoms with Gasteiger partial charge in [-0.1, -0.05) is 6.07 Å². The van der Waals surface area contributed by atoms with Crippen molar-refractivity contribution in [2.45, 2.75) is 11.8 Å². The Morgan fingerprint density at radius 2 is 2.05 bits per heavy atom. The number of aromatic nitrogens is 1. The summed E-state index contributed by atoms with van der Waals surface area (Å²) in [6.07, 6.45) is 1.36. The molecule has 1 aromatic carbocycles. The molecule has 0 unspecified atom stereocenters. The van der Waals surface area contributed by atoms with E-state index in [1.807, 2.05) is 0 Å². The molecule has 0 saturated heterocycles. The Kier molecular flexibility index (Phi) is 3.50. The Bertz CT molecular complexity index is 717. The number of nitrogens with zero attached hydrogens (tertiary/aromatic N) is 1. The van der Waals surface area contributed by atoms with E-state index in [9.17, 15) is 12.8 Å². The van der Waals surface area contributed by atoms with E-state index in [1.165, 1.54) is 30.5 Å². The number of rotatable bonds is 3. The van der Waals surface area contributed by atoms with E-state index in [0.717, 1.165) is 6.07 Å². The first-order valence-corrected chi connectivity index (χ1v) is 6.84. The fourth-order valence-electron chi connectivity index (χ4n) is 1.46. The Balaban J connectivity index is 2.47. The third kappa shape index (κ3) is 3.07. The lowest BCUT2D eigenvalue weighted by molar-refractivity contribution is 0.440. The van der Waals surface area contributed by atoms with Gasteiger partial charge in [-0.2, -0.15) is 0 Å². The Hall–Kier alpha value is -1.99.